The van der Waals surface area contributed by atoms with Gasteiger partial charge >= 0.3 is 0 Å². The summed E-state index contributed by atoms with van der Waals surface area (Å²) in [4.78, 5) is 4.95. The van der Waals surface area contributed by atoms with Crippen molar-refractivity contribution in [3.63, 3.8) is 0 Å². The van der Waals surface area contributed by atoms with Crippen LogP contribution in [0.2, 0.25) is 0 Å². The quantitative estimate of drug-likeness (QED) is 0.906. The van der Waals surface area contributed by atoms with Crippen molar-refractivity contribution < 1.29 is 5.11 Å². The van der Waals surface area contributed by atoms with Gasteiger partial charge in [0.05, 0.1) is 17.7 Å². The minimum atomic E-state index is -0.503. The van der Waals surface area contributed by atoms with E-state index in [9.17, 15) is 5.11 Å². The van der Waals surface area contributed by atoms with Gasteiger partial charge in [-0.3, -0.25) is 4.90 Å². The van der Waals surface area contributed by atoms with E-state index in [1.54, 1.807) is 13.0 Å². The molecular weight excluding hydrogens is 262 g/mol. The summed E-state index contributed by atoms with van der Waals surface area (Å²) in [6, 6.07) is 8.46. The summed E-state index contributed by atoms with van der Waals surface area (Å²) >= 11 is 0. The highest BCUT2D eigenvalue weighted by Gasteiger charge is 2.30. The van der Waals surface area contributed by atoms with E-state index in [0.717, 1.165) is 30.9 Å². The third-order valence-corrected chi connectivity index (χ3v) is 4.79. The van der Waals surface area contributed by atoms with Crippen LogP contribution in [-0.4, -0.2) is 42.2 Å². The molecule has 2 saturated heterocycles. The third-order valence-electron chi connectivity index (χ3n) is 4.79. The summed E-state index contributed by atoms with van der Waals surface area (Å²) in [7, 11) is 0. The van der Waals surface area contributed by atoms with Crippen molar-refractivity contribution in [2.45, 2.75) is 38.3 Å². The molecule has 0 saturated carbocycles. The lowest BCUT2D eigenvalue weighted by atomic mass is 9.97. The first-order valence-electron chi connectivity index (χ1n) is 7.90. The van der Waals surface area contributed by atoms with Crippen molar-refractivity contribution in [2.75, 3.05) is 31.1 Å². The van der Waals surface area contributed by atoms with Crippen LogP contribution in [0.25, 0.3) is 0 Å². The summed E-state index contributed by atoms with van der Waals surface area (Å²) in [6.45, 7) is 6.09. The first-order chi connectivity index (χ1) is 10.2. The normalized spacial score (nSPS) is 24.2. The fourth-order valence-corrected chi connectivity index (χ4v) is 3.62. The zero-order chi connectivity index (χ0) is 14.8. The molecule has 4 heteroatoms. The zero-order valence-electron chi connectivity index (χ0n) is 12.6. The number of aliphatic hydroxyl groups excluding tert-OH is 1. The second-order valence-electron chi connectivity index (χ2n) is 6.19. The molecule has 1 N–H and O–H groups in total. The minimum Gasteiger partial charge on any atom is -0.389 e. The summed E-state index contributed by atoms with van der Waals surface area (Å²) < 4.78 is 0. The van der Waals surface area contributed by atoms with Crippen molar-refractivity contribution in [1.82, 2.24) is 4.90 Å². The second kappa shape index (κ2) is 6.05. The van der Waals surface area contributed by atoms with Crippen LogP contribution in [0.15, 0.2) is 18.2 Å². The van der Waals surface area contributed by atoms with E-state index in [-0.39, 0.29) is 0 Å². The Bertz CT molecular complexity index is 549. The molecule has 2 atom stereocenters. The monoisotopic (exact) mass is 285 g/mol. The average Bonchev–Trinajstić information content (AvgIpc) is 2.53. The number of aliphatic hydroxyl groups is 1. The van der Waals surface area contributed by atoms with Gasteiger partial charge in [-0.25, -0.2) is 0 Å². The van der Waals surface area contributed by atoms with Crippen molar-refractivity contribution in [3.05, 3.63) is 29.3 Å². The molecule has 4 nitrogen and oxygen atoms in total. The lowest BCUT2D eigenvalue weighted by Gasteiger charge is -2.45. The molecule has 0 spiro atoms. The number of hydrogen-bond acceptors (Lipinski definition) is 4. The number of rotatable bonds is 2. The zero-order valence-corrected chi connectivity index (χ0v) is 12.6. The predicted molar refractivity (Wildman–Crippen MR) is 83.2 cm³/mol. The smallest absolute Gasteiger partial charge is 0.0992 e. The van der Waals surface area contributed by atoms with Crippen molar-refractivity contribution >= 4 is 5.69 Å². The number of nitriles is 1. The third kappa shape index (κ3) is 2.90. The lowest BCUT2D eigenvalue weighted by molar-refractivity contribution is 0.133. The lowest BCUT2D eigenvalue weighted by Crippen LogP contribution is -2.55. The van der Waals surface area contributed by atoms with Gasteiger partial charge in [-0.15, -0.1) is 0 Å². The van der Waals surface area contributed by atoms with Crippen LogP contribution >= 0.6 is 0 Å². The van der Waals surface area contributed by atoms with Gasteiger partial charge in [-0.05, 0) is 38.4 Å². The Morgan fingerprint density at radius 3 is 2.90 bits per heavy atom. The van der Waals surface area contributed by atoms with Gasteiger partial charge in [0, 0.05) is 36.9 Å². The number of fused-ring (bicyclic) bond motifs is 1. The molecule has 112 valence electrons. The molecule has 2 unspecified atom stereocenters. The molecular formula is C17H23N3O. The first kappa shape index (κ1) is 14.4. The fourth-order valence-electron chi connectivity index (χ4n) is 3.62. The SMILES string of the molecule is CC(O)c1ccc(C#N)cc1N1CCN2CCCCC2C1. The van der Waals surface area contributed by atoms with E-state index < -0.39 is 6.10 Å². The van der Waals surface area contributed by atoms with Crippen LogP contribution in [0.3, 0.4) is 0 Å². The highest BCUT2D eigenvalue weighted by molar-refractivity contribution is 5.59. The molecule has 3 rings (SSSR count). The Kier molecular flexibility index (Phi) is 4.14. The molecule has 1 aromatic carbocycles. The number of nitrogens with zero attached hydrogens (tertiary/aromatic N) is 3. The van der Waals surface area contributed by atoms with Crippen molar-refractivity contribution in [2.24, 2.45) is 0 Å². The molecule has 0 bridgehead atoms. The number of piperidine rings is 1. The number of anilines is 1. The number of benzene rings is 1. The van der Waals surface area contributed by atoms with Gasteiger partial charge in [-0.2, -0.15) is 5.26 Å². The molecule has 21 heavy (non-hydrogen) atoms. The van der Waals surface area contributed by atoms with E-state index in [1.807, 2.05) is 12.1 Å². The van der Waals surface area contributed by atoms with Gasteiger partial charge in [0.25, 0.3) is 0 Å². The Morgan fingerprint density at radius 1 is 1.29 bits per heavy atom. The summed E-state index contributed by atoms with van der Waals surface area (Å²) in [5.41, 5.74) is 2.63. The Hall–Kier alpha value is -1.57. The molecule has 0 aliphatic carbocycles. The Morgan fingerprint density at radius 2 is 2.14 bits per heavy atom. The second-order valence-corrected chi connectivity index (χ2v) is 6.19. The van der Waals surface area contributed by atoms with Crippen LogP contribution < -0.4 is 4.90 Å². The standard InChI is InChI=1S/C17H23N3O/c1-13(21)16-6-5-14(11-18)10-17(16)20-9-8-19-7-3-2-4-15(19)12-20/h5-6,10,13,15,21H,2-4,7-9,12H2,1H3. The van der Waals surface area contributed by atoms with Gasteiger partial charge < -0.3 is 10.0 Å². The Balaban J connectivity index is 1.87. The fraction of sp³-hybridized carbons (Fsp3) is 0.588. The van der Waals surface area contributed by atoms with E-state index in [4.69, 9.17) is 5.26 Å². The molecule has 2 fully saturated rings. The van der Waals surface area contributed by atoms with E-state index in [0.29, 0.717) is 11.6 Å². The summed E-state index contributed by atoms with van der Waals surface area (Å²) in [5, 5.41) is 19.1. The van der Waals surface area contributed by atoms with Crippen LogP contribution in [0.4, 0.5) is 5.69 Å². The molecule has 2 heterocycles. The molecule has 0 aromatic heterocycles. The molecule has 0 radical (unpaired) electrons. The highest BCUT2D eigenvalue weighted by atomic mass is 16.3. The van der Waals surface area contributed by atoms with E-state index >= 15 is 0 Å². The largest absolute Gasteiger partial charge is 0.389 e. The Labute approximate surface area is 126 Å². The summed E-state index contributed by atoms with van der Waals surface area (Å²) in [5.74, 6) is 0. The van der Waals surface area contributed by atoms with E-state index in [1.165, 1.54) is 25.8 Å². The van der Waals surface area contributed by atoms with Crippen molar-refractivity contribution in [1.29, 1.82) is 5.26 Å². The predicted octanol–water partition coefficient (Wildman–Crippen LogP) is 2.29. The maximum absolute atomic E-state index is 10.0. The molecule has 1 aromatic rings. The summed E-state index contributed by atoms with van der Waals surface area (Å²) in [6.07, 6.45) is 3.39. The van der Waals surface area contributed by atoms with Gasteiger partial charge in [-0.1, -0.05) is 12.5 Å². The minimum absolute atomic E-state index is 0.503. The van der Waals surface area contributed by atoms with Crippen LogP contribution in [0.1, 0.15) is 43.4 Å². The molecule has 2 aliphatic heterocycles. The van der Waals surface area contributed by atoms with Gasteiger partial charge in [0.2, 0.25) is 0 Å². The molecule has 0 amide bonds. The maximum Gasteiger partial charge on any atom is 0.0992 e. The molecule has 2 aliphatic rings. The van der Waals surface area contributed by atoms with Crippen LogP contribution in [-0.2, 0) is 0 Å². The maximum atomic E-state index is 10.0. The van der Waals surface area contributed by atoms with Gasteiger partial charge in [0.1, 0.15) is 0 Å². The topological polar surface area (TPSA) is 50.5 Å². The van der Waals surface area contributed by atoms with Crippen LogP contribution in [0.5, 0.6) is 0 Å². The van der Waals surface area contributed by atoms with Crippen molar-refractivity contribution in [3.8, 4) is 6.07 Å². The van der Waals surface area contributed by atoms with E-state index in [2.05, 4.69) is 15.9 Å². The number of piperazine rings is 1. The average molecular weight is 285 g/mol. The van der Waals surface area contributed by atoms with Crippen LogP contribution in [0, 0.1) is 11.3 Å². The number of hydrogen-bond donors (Lipinski definition) is 1. The first-order valence-corrected chi connectivity index (χ1v) is 7.90. The van der Waals surface area contributed by atoms with Gasteiger partial charge in [0.15, 0.2) is 0 Å². The highest BCUT2D eigenvalue weighted by Crippen LogP contribution is 2.31.